The van der Waals surface area contributed by atoms with E-state index in [-0.39, 0.29) is 5.92 Å². The Morgan fingerprint density at radius 2 is 1.83 bits per heavy atom. The standard InChI is InChI=1S/C15H18F2O5S/c16-15(17,23(19,20)21)10-22-14(18)13(12-8-4-5-9-12)11-6-2-1-3-7-11/h1-3,6-7,12-13H,4-5,8-10H2,(H,19,20,21). The molecule has 0 heterocycles. The molecule has 0 bridgehead atoms. The number of hydrogen-bond acceptors (Lipinski definition) is 4. The zero-order chi connectivity index (χ0) is 17.1. The molecule has 0 aromatic heterocycles. The minimum absolute atomic E-state index is 0.0238. The molecule has 1 N–H and O–H groups in total. The maximum Gasteiger partial charge on any atom is 0.402 e. The quantitative estimate of drug-likeness (QED) is 0.631. The van der Waals surface area contributed by atoms with E-state index in [4.69, 9.17) is 4.55 Å². The van der Waals surface area contributed by atoms with Crippen LogP contribution in [0.3, 0.4) is 0 Å². The summed E-state index contributed by atoms with van der Waals surface area (Å²) < 4.78 is 60.6. The van der Waals surface area contributed by atoms with Gasteiger partial charge in [-0.3, -0.25) is 9.35 Å². The summed E-state index contributed by atoms with van der Waals surface area (Å²) in [5.41, 5.74) is 0.652. The summed E-state index contributed by atoms with van der Waals surface area (Å²) in [4.78, 5) is 12.3. The lowest BCUT2D eigenvalue weighted by Gasteiger charge is -2.23. The van der Waals surface area contributed by atoms with Crippen molar-refractivity contribution < 1.29 is 31.3 Å². The zero-order valence-electron chi connectivity index (χ0n) is 12.3. The van der Waals surface area contributed by atoms with E-state index in [2.05, 4.69) is 4.74 Å². The van der Waals surface area contributed by atoms with Crippen LogP contribution in [0.2, 0.25) is 0 Å². The largest absolute Gasteiger partial charge is 0.457 e. The summed E-state index contributed by atoms with van der Waals surface area (Å²) in [6, 6.07) is 8.66. The van der Waals surface area contributed by atoms with Crippen molar-refractivity contribution in [2.45, 2.75) is 36.9 Å². The fraction of sp³-hybridized carbons (Fsp3) is 0.533. The third-order valence-electron chi connectivity index (χ3n) is 4.04. The molecule has 5 nitrogen and oxygen atoms in total. The fourth-order valence-electron chi connectivity index (χ4n) is 2.87. The number of carbonyl (C=O) groups excluding carboxylic acids is 1. The monoisotopic (exact) mass is 348 g/mol. The maximum atomic E-state index is 13.2. The molecule has 1 saturated carbocycles. The highest BCUT2D eigenvalue weighted by Crippen LogP contribution is 2.38. The predicted octanol–water partition coefficient (Wildman–Crippen LogP) is 2.98. The van der Waals surface area contributed by atoms with Crippen LogP contribution in [0, 0.1) is 5.92 Å². The van der Waals surface area contributed by atoms with E-state index >= 15 is 0 Å². The molecular formula is C15H18F2O5S. The number of esters is 1. The smallest absolute Gasteiger partial charge is 0.402 e. The molecule has 1 aliphatic rings. The highest BCUT2D eigenvalue weighted by Gasteiger charge is 2.46. The van der Waals surface area contributed by atoms with Crippen LogP contribution in [0.1, 0.15) is 37.2 Å². The lowest BCUT2D eigenvalue weighted by atomic mass is 9.85. The average Bonchev–Trinajstić information content (AvgIpc) is 2.99. The molecule has 2 rings (SSSR count). The van der Waals surface area contributed by atoms with Gasteiger partial charge in [-0.2, -0.15) is 17.2 Å². The molecule has 1 aromatic carbocycles. The average molecular weight is 348 g/mol. The first-order valence-electron chi connectivity index (χ1n) is 7.29. The van der Waals surface area contributed by atoms with Crippen LogP contribution in [0.4, 0.5) is 8.78 Å². The number of alkyl halides is 2. The number of benzene rings is 1. The molecule has 1 fully saturated rings. The Morgan fingerprint density at radius 1 is 1.26 bits per heavy atom. The Balaban J connectivity index is 2.15. The highest BCUT2D eigenvalue weighted by atomic mass is 32.2. The minimum Gasteiger partial charge on any atom is -0.457 e. The molecule has 23 heavy (non-hydrogen) atoms. The van der Waals surface area contributed by atoms with Gasteiger partial charge >= 0.3 is 21.3 Å². The molecule has 0 amide bonds. The Bertz CT molecular complexity index is 639. The topological polar surface area (TPSA) is 80.7 Å². The third kappa shape index (κ3) is 4.26. The third-order valence-corrected chi connectivity index (χ3v) is 4.92. The molecule has 8 heteroatoms. The first-order valence-corrected chi connectivity index (χ1v) is 8.73. The van der Waals surface area contributed by atoms with Gasteiger partial charge < -0.3 is 4.74 Å². The van der Waals surface area contributed by atoms with Crippen LogP contribution in [0.25, 0.3) is 0 Å². The van der Waals surface area contributed by atoms with Crippen LogP contribution in [0.5, 0.6) is 0 Å². The number of hydrogen-bond donors (Lipinski definition) is 1. The van der Waals surface area contributed by atoms with E-state index in [0.717, 1.165) is 25.7 Å². The van der Waals surface area contributed by atoms with Crippen LogP contribution in [-0.4, -0.2) is 30.8 Å². The van der Waals surface area contributed by atoms with Gasteiger partial charge in [-0.1, -0.05) is 43.2 Å². The predicted molar refractivity (Wildman–Crippen MR) is 78.6 cm³/mol. The zero-order valence-corrected chi connectivity index (χ0v) is 13.1. The number of ether oxygens (including phenoxy) is 1. The molecule has 1 aliphatic carbocycles. The summed E-state index contributed by atoms with van der Waals surface area (Å²) in [6.45, 7) is -1.69. The second-order valence-electron chi connectivity index (χ2n) is 5.65. The Labute approximate surface area is 133 Å². The van der Waals surface area contributed by atoms with Crippen molar-refractivity contribution in [2.24, 2.45) is 5.92 Å². The van der Waals surface area contributed by atoms with Gasteiger partial charge in [0, 0.05) is 0 Å². The van der Waals surface area contributed by atoms with Gasteiger partial charge in [-0.25, -0.2) is 0 Å². The van der Waals surface area contributed by atoms with E-state index in [0.29, 0.717) is 5.56 Å². The number of halogens is 2. The molecule has 1 unspecified atom stereocenters. The Morgan fingerprint density at radius 3 is 2.35 bits per heavy atom. The van der Waals surface area contributed by atoms with Crippen LogP contribution in [-0.2, 0) is 19.6 Å². The van der Waals surface area contributed by atoms with E-state index < -0.39 is 33.9 Å². The van der Waals surface area contributed by atoms with Crippen molar-refractivity contribution in [3.8, 4) is 0 Å². The summed E-state index contributed by atoms with van der Waals surface area (Å²) >= 11 is 0. The fourth-order valence-corrected chi connectivity index (χ4v) is 3.08. The second-order valence-corrected chi connectivity index (χ2v) is 7.20. The van der Waals surface area contributed by atoms with E-state index in [1.807, 2.05) is 0 Å². The van der Waals surface area contributed by atoms with Gasteiger partial charge in [-0.05, 0) is 24.3 Å². The van der Waals surface area contributed by atoms with Gasteiger partial charge in [-0.15, -0.1) is 0 Å². The van der Waals surface area contributed by atoms with Gasteiger partial charge in [0.2, 0.25) is 0 Å². The van der Waals surface area contributed by atoms with Crippen LogP contribution >= 0.6 is 0 Å². The first kappa shape index (κ1) is 17.8. The lowest BCUT2D eigenvalue weighted by molar-refractivity contribution is -0.153. The Hall–Kier alpha value is -1.54. The molecular weight excluding hydrogens is 330 g/mol. The normalized spacial score (nSPS) is 17.9. The van der Waals surface area contributed by atoms with Crippen molar-refractivity contribution in [1.82, 2.24) is 0 Å². The van der Waals surface area contributed by atoms with Gasteiger partial charge in [0.05, 0.1) is 5.92 Å². The number of carbonyl (C=O) groups is 1. The minimum atomic E-state index is -5.62. The van der Waals surface area contributed by atoms with Gasteiger partial charge in [0.1, 0.15) is 0 Å². The summed E-state index contributed by atoms with van der Waals surface area (Å²) in [5.74, 6) is -1.63. The highest BCUT2D eigenvalue weighted by molar-refractivity contribution is 7.86. The summed E-state index contributed by atoms with van der Waals surface area (Å²) in [7, 11) is -5.62. The van der Waals surface area contributed by atoms with Crippen molar-refractivity contribution in [3.05, 3.63) is 35.9 Å². The molecule has 1 atom stereocenters. The molecule has 0 aliphatic heterocycles. The van der Waals surface area contributed by atoms with Crippen molar-refractivity contribution in [3.63, 3.8) is 0 Å². The summed E-state index contributed by atoms with van der Waals surface area (Å²) in [6.07, 6.45) is 3.46. The Kier molecular flexibility index (Phi) is 5.36. The van der Waals surface area contributed by atoms with E-state index in [1.165, 1.54) is 0 Å². The second kappa shape index (κ2) is 6.92. The molecule has 0 saturated heterocycles. The lowest BCUT2D eigenvalue weighted by Crippen LogP contribution is -2.36. The molecule has 128 valence electrons. The first-order chi connectivity index (χ1) is 10.7. The maximum absolute atomic E-state index is 13.2. The van der Waals surface area contributed by atoms with Gasteiger partial charge in [0.15, 0.2) is 6.61 Å². The molecule has 0 spiro atoms. The van der Waals surface area contributed by atoms with Crippen LogP contribution in [0.15, 0.2) is 30.3 Å². The number of rotatable bonds is 6. The van der Waals surface area contributed by atoms with Crippen molar-refractivity contribution >= 4 is 16.1 Å². The van der Waals surface area contributed by atoms with Crippen molar-refractivity contribution in [2.75, 3.05) is 6.61 Å². The SMILES string of the molecule is O=C(OCC(F)(F)S(=O)(=O)O)C(c1ccccc1)C1CCCC1. The van der Waals surface area contributed by atoms with Crippen molar-refractivity contribution in [1.29, 1.82) is 0 Å². The van der Waals surface area contributed by atoms with E-state index in [9.17, 15) is 22.0 Å². The van der Waals surface area contributed by atoms with Gasteiger partial charge in [0.25, 0.3) is 0 Å². The van der Waals surface area contributed by atoms with Crippen LogP contribution < -0.4 is 0 Å². The summed E-state index contributed by atoms with van der Waals surface area (Å²) in [5, 5.41) is -4.51. The molecule has 1 aromatic rings. The van der Waals surface area contributed by atoms with E-state index in [1.54, 1.807) is 30.3 Å². The molecule has 0 radical (unpaired) electrons.